The first-order valence-corrected chi connectivity index (χ1v) is 7.96. The van der Waals surface area contributed by atoms with Crippen LogP contribution in [0, 0.1) is 5.92 Å². The summed E-state index contributed by atoms with van der Waals surface area (Å²) < 4.78 is 11.4. The van der Waals surface area contributed by atoms with Crippen molar-refractivity contribution < 1.29 is 14.6 Å². The predicted octanol–water partition coefficient (Wildman–Crippen LogP) is 4.10. The molecule has 1 atom stereocenters. The first-order valence-electron chi connectivity index (χ1n) is 7.96. The molecule has 1 fully saturated rings. The molecule has 1 aromatic carbocycles. The first kappa shape index (κ1) is 16.3. The van der Waals surface area contributed by atoms with Crippen molar-refractivity contribution in [3.05, 3.63) is 29.8 Å². The molecule has 1 saturated carbocycles. The molecule has 1 aliphatic carbocycles. The van der Waals surface area contributed by atoms with E-state index in [1.54, 1.807) is 7.11 Å². The number of hydrogen-bond acceptors (Lipinski definition) is 3. The summed E-state index contributed by atoms with van der Waals surface area (Å²) in [7, 11) is 1.72. The van der Waals surface area contributed by atoms with E-state index in [9.17, 15) is 5.11 Å². The number of hydrogen-bond donors (Lipinski definition) is 1. The fourth-order valence-corrected chi connectivity index (χ4v) is 3.14. The van der Waals surface area contributed by atoms with Gasteiger partial charge >= 0.3 is 0 Å². The van der Waals surface area contributed by atoms with Crippen molar-refractivity contribution in [2.45, 2.75) is 64.3 Å². The lowest BCUT2D eigenvalue weighted by Crippen LogP contribution is -2.41. The summed E-state index contributed by atoms with van der Waals surface area (Å²) in [5.41, 5.74) is 0.468. The summed E-state index contributed by atoms with van der Waals surface area (Å²) in [6.07, 6.45) is 3.62. The molecule has 1 aliphatic rings. The van der Waals surface area contributed by atoms with E-state index in [2.05, 4.69) is 6.92 Å². The second kappa shape index (κ2) is 6.80. The van der Waals surface area contributed by atoms with Gasteiger partial charge in [-0.1, -0.05) is 19.1 Å². The summed E-state index contributed by atoms with van der Waals surface area (Å²) in [5, 5.41) is 10.8. The fourth-order valence-electron chi connectivity index (χ4n) is 3.14. The van der Waals surface area contributed by atoms with Crippen LogP contribution in [-0.4, -0.2) is 23.9 Å². The molecular formula is C18H28O3. The fraction of sp³-hybridized carbons (Fsp3) is 0.667. The SMILES string of the molecule is COC1(C(O)c2ccc(OC(C)C)cc2)CCC(C)CC1. The van der Waals surface area contributed by atoms with Gasteiger partial charge in [0.15, 0.2) is 0 Å². The van der Waals surface area contributed by atoms with Crippen LogP contribution < -0.4 is 4.74 Å². The largest absolute Gasteiger partial charge is 0.491 e. The molecule has 1 N–H and O–H groups in total. The van der Waals surface area contributed by atoms with Crippen LogP contribution in [0.3, 0.4) is 0 Å². The Labute approximate surface area is 128 Å². The maximum atomic E-state index is 10.8. The predicted molar refractivity (Wildman–Crippen MR) is 84.5 cm³/mol. The van der Waals surface area contributed by atoms with E-state index in [1.807, 2.05) is 38.1 Å². The van der Waals surface area contributed by atoms with Gasteiger partial charge in [-0.25, -0.2) is 0 Å². The van der Waals surface area contributed by atoms with Crippen LogP contribution >= 0.6 is 0 Å². The van der Waals surface area contributed by atoms with Crippen LogP contribution in [-0.2, 0) is 4.74 Å². The number of rotatable bonds is 5. The molecule has 0 aromatic heterocycles. The van der Waals surface area contributed by atoms with Crippen LogP contribution in [0.15, 0.2) is 24.3 Å². The third-order valence-corrected chi connectivity index (χ3v) is 4.59. The number of benzene rings is 1. The number of ether oxygens (including phenoxy) is 2. The van der Waals surface area contributed by atoms with Crippen LogP contribution in [0.1, 0.15) is 58.1 Å². The minimum Gasteiger partial charge on any atom is -0.491 e. The minimum absolute atomic E-state index is 0.158. The zero-order valence-electron chi connectivity index (χ0n) is 13.6. The zero-order chi connectivity index (χ0) is 15.5. The maximum Gasteiger partial charge on any atom is 0.119 e. The summed E-state index contributed by atoms with van der Waals surface area (Å²) in [6.45, 7) is 6.28. The van der Waals surface area contributed by atoms with Crippen LogP contribution in [0.25, 0.3) is 0 Å². The van der Waals surface area contributed by atoms with Crippen molar-refractivity contribution in [1.82, 2.24) is 0 Å². The van der Waals surface area contributed by atoms with E-state index >= 15 is 0 Å². The number of aliphatic hydroxyl groups is 1. The van der Waals surface area contributed by atoms with Crippen molar-refractivity contribution in [2.24, 2.45) is 5.92 Å². The quantitative estimate of drug-likeness (QED) is 0.888. The summed E-state index contributed by atoms with van der Waals surface area (Å²) in [4.78, 5) is 0. The highest BCUT2D eigenvalue weighted by Crippen LogP contribution is 2.43. The average Bonchev–Trinajstić information content (AvgIpc) is 2.48. The van der Waals surface area contributed by atoms with Crippen molar-refractivity contribution >= 4 is 0 Å². The van der Waals surface area contributed by atoms with Crippen LogP contribution in [0.4, 0.5) is 0 Å². The van der Waals surface area contributed by atoms with Gasteiger partial charge in [0.1, 0.15) is 11.9 Å². The van der Waals surface area contributed by atoms with Gasteiger partial charge in [0, 0.05) is 7.11 Å². The Morgan fingerprint density at radius 1 is 1.14 bits per heavy atom. The standard InChI is InChI=1S/C18H28O3/c1-13(2)21-16-7-5-15(6-8-16)17(19)18(20-4)11-9-14(3)10-12-18/h5-8,13-14,17,19H,9-12H2,1-4H3. The lowest BCUT2D eigenvalue weighted by Gasteiger charge is -2.41. The molecule has 118 valence electrons. The summed E-state index contributed by atoms with van der Waals surface area (Å²) in [5.74, 6) is 1.56. The molecule has 0 amide bonds. The lowest BCUT2D eigenvalue weighted by molar-refractivity contribution is -0.130. The van der Waals surface area contributed by atoms with Crippen molar-refractivity contribution in [3.8, 4) is 5.75 Å². The Morgan fingerprint density at radius 2 is 1.71 bits per heavy atom. The molecule has 1 aromatic rings. The van der Waals surface area contributed by atoms with Crippen molar-refractivity contribution in [3.63, 3.8) is 0 Å². The van der Waals surface area contributed by atoms with Gasteiger partial charge in [-0.15, -0.1) is 0 Å². The molecule has 0 aliphatic heterocycles. The third kappa shape index (κ3) is 3.78. The van der Waals surface area contributed by atoms with Crippen LogP contribution in [0.2, 0.25) is 0 Å². The van der Waals surface area contributed by atoms with Crippen LogP contribution in [0.5, 0.6) is 5.75 Å². The van der Waals surface area contributed by atoms with Gasteiger partial charge in [-0.2, -0.15) is 0 Å². The highest BCUT2D eigenvalue weighted by molar-refractivity contribution is 5.30. The molecule has 0 spiro atoms. The van der Waals surface area contributed by atoms with Crippen molar-refractivity contribution in [2.75, 3.05) is 7.11 Å². The second-order valence-electron chi connectivity index (χ2n) is 6.59. The van der Waals surface area contributed by atoms with E-state index in [4.69, 9.17) is 9.47 Å². The Hall–Kier alpha value is -1.06. The monoisotopic (exact) mass is 292 g/mol. The molecule has 0 radical (unpaired) electrons. The summed E-state index contributed by atoms with van der Waals surface area (Å²) >= 11 is 0. The smallest absolute Gasteiger partial charge is 0.119 e. The van der Waals surface area contributed by atoms with E-state index in [-0.39, 0.29) is 6.10 Å². The number of aliphatic hydroxyl groups excluding tert-OH is 1. The summed E-state index contributed by atoms with van der Waals surface area (Å²) in [6, 6.07) is 7.74. The Balaban J connectivity index is 2.12. The molecule has 0 saturated heterocycles. The van der Waals surface area contributed by atoms with Gasteiger partial charge in [0.05, 0.1) is 11.7 Å². The normalized spacial score (nSPS) is 27.6. The molecule has 0 bridgehead atoms. The van der Waals surface area contributed by atoms with E-state index in [0.717, 1.165) is 42.9 Å². The van der Waals surface area contributed by atoms with Gasteiger partial charge in [0.2, 0.25) is 0 Å². The first-order chi connectivity index (χ1) is 9.97. The molecular weight excluding hydrogens is 264 g/mol. The average molecular weight is 292 g/mol. The van der Waals surface area contributed by atoms with Gasteiger partial charge < -0.3 is 14.6 Å². The van der Waals surface area contributed by atoms with E-state index in [1.165, 1.54) is 0 Å². The lowest BCUT2D eigenvalue weighted by atomic mass is 9.74. The number of methoxy groups -OCH3 is 1. The van der Waals surface area contributed by atoms with Gasteiger partial charge in [-0.3, -0.25) is 0 Å². The van der Waals surface area contributed by atoms with E-state index in [0.29, 0.717) is 0 Å². The highest BCUT2D eigenvalue weighted by Gasteiger charge is 2.41. The second-order valence-corrected chi connectivity index (χ2v) is 6.59. The molecule has 3 heteroatoms. The van der Waals surface area contributed by atoms with E-state index < -0.39 is 11.7 Å². The molecule has 2 rings (SSSR count). The minimum atomic E-state index is -0.580. The Morgan fingerprint density at radius 3 is 2.19 bits per heavy atom. The van der Waals surface area contributed by atoms with Crippen molar-refractivity contribution in [1.29, 1.82) is 0 Å². The maximum absolute atomic E-state index is 10.8. The molecule has 0 heterocycles. The molecule has 21 heavy (non-hydrogen) atoms. The molecule has 1 unspecified atom stereocenters. The Bertz CT molecular complexity index is 430. The zero-order valence-corrected chi connectivity index (χ0v) is 13.6. The van der Waals surface area contributed by atoms with Gasteiger partial charge in [-0.05, 0) is 63.1 Å². The Kier molecular flexibility index (Phi) is 5.28. The highest BCUT2D eigenvalue weighted by atomic mass is 16.5. The topological polar surface area (TPSA) is 38.7 Å². The molecule has 3 nitrogen and oxygen atoms in total. The third-order valence-electron chi connectivity index (χ3n) is 4.59. The van der Waals surface area contributed by atoms with Gasteiger partial charge in [0.25, 0.3) is 0 Å².